The number of anilines is 2. The summed E-state index contributed by atoms with van der Waals surface area (Å²) in [5, 5.41) is 10.7. The molecule has 0 bridgehead atoms. The second kappa shape index (κ2) is 17.8. The molecule has 0 radical (unpaired) electrons. The number of nitrogens with one attached hydrogen (secondary N) is 2. The van der Waals surface area contributed by atoms with Crippen molar-refractivity contribution in [3.05, 3.63) is 47.4 Å². The van der Waals surface area contributed by atoms with Crippen molar-refractivity contribution in [2.24, 2.45) is 23.7 Å². The van der Waals surface area contributed by atoms with E-state index < -0.39 is 52.0 Å². The number of carbonyl (C=O) groups is 2. The van der Waals surface area contributed by atoms with Crippen LogP contribution in [0.5, 0.6) is 0 Å². The zero-order valence-electron chi connectivity index (χ0n) is 33.4. The normalized spacial score (nSPS) is 20.9. The summed E-state index contributed by atoms with van der Waals surface area (Å²) >= 11 is 0. The van der Waals surface area contributed by atoms with Gasteiger partial charge in [-0.05, 0) is 81.1 Å². The Balaban J connectivity index is 0.871. The summed E-state index contributed by atoms with van der Waals surface area (Å²) in [6.45, 7) is 2.50. The molecule has 6 heterocycles. The number of imide groups is 1. The summed E-state index contributed by atoms with van der Waals surface area (Å²) in [6, 6.07) is 5.39. The third-order valence-electron chi connectivity index (χ3n) is 11.8. The number of allylic oxidation sites excluding steroid dienone is 1. The summed E-state index contributed by atoms with van der Waals surface area (Å²) in [7, 11) is -1.91. The van der Waals surface area contributed by atoms with Gasteiger partial charge in [-0.1, -0.05) is 6.07 Å². The van der Waals surface area contributed by atoms with Crippen LogP contribution in [0, 0.1) is 5.92 Å². The van der Waals surface area contributed by atoms with Gasteiger partial charge in [0.2, 0.25) is 11.9 Å². The number of aryl methyl sites for hydroxylation is 1. The Kier molecular flexibility index (Phi) is 12.9. The number of nitrogens with two attached hydrogens (primary N) is 1. The van der Waals surface area contributed by atoms with Crippen molar-refractivity contribution in [2.45, 2.75) is 69.3 Å². The zero-order chi connectivity index (χ0) is 43.7. The standard InChI is InChI=1S/C38H48F6N12O4S/c1-52-31-18-26(2-3-29(31)34(51-52)56-17-10-32(57)49-36(56)58)25-6-11-53(12-7-25)22-24-4-13-54(14-5-24)61(59,60)55-15-8-28(9-16-55)48-35-47-21-30(38(42,43)44)33(50-35)27(19-45)20-46-23-37(39,40)41/h2-3,18-21,24-25,28H,4-17,22-23,45H2,1H3,(H,47,48,50)(H,49,57,58)/b27-19+,46-20?. The van der Waals surface area contributed by atoms with E-state index in [9.17, 15) is 44.3 Å². The molecule has 7 rings (SSSR count). The molecule has 0 aliphatic carbocycles. The second-order valence-corrected chi connectivity index (χ2v) is 17.8. The van der Waals surface area contributed by atoms with Crippen molar-refractivity contribution < 1.29 is 44.3 Å². The molecule has 4 N–H and O–H groups in total. The van der Waals surface area contributed by atoms with Crippen LogP contribution in [0.3, 0.4) is 0 Å². The molecular formula is C38H48F6N12O4S. The number of fused-ring (bicyclic) bond motifs is 1. The number of nitrogens with zero attached hydrogens (tertiary/aromatic N) is 9. The molecule has 2 aromatic heterocycles. The number of carbonyl (C=O) groups excluding carboxylic acids is 2. The van der Waals surface area contributed by atoms with Gasteiger partial charge in [0.05, 0.1) is 11.2 Å². The Hall–Kier alpha value is -4.87. The summed E-state index contributed by atoms with van der Waals surface area (Å²) in [5.74, 6) is 0.733. The molecule has 3 aromatic rings. The van der Waals surface area contributed by atoms with Gasteiger partial charge in [-0.15, -0.1) is 0 Å². The molecule has 4 fully saturated rings. The Labute approximate surface area is 348 Å². The van der Waals surface area contributed by atoms with Gasteiger partial charge in [-0.25, -0.2) is 14.8 Å². The van der Waals surface area contributed by atoms with Crippen molar-refractivity contribution in [3.63, 3.8) is 0 Å². The first-order valence-electron chi connectivity index (χ1n) is 20.1. The van der Waals surface area contributed by atoms with Crippen molar-refractivity contribution in [1.29, 1.82) is 0 Å². The molecule has 0 atom stereocenters. The average Bonchev–Trinajstić information content (AvgIpc) is 3.54. The number of aliphatic imine (C=N–C) groups is 1. The molecule has 61 heavy (non-hydrogen) atoms. The van der Waals surface area contributed by atoms with Crippen LogP contribution in [0.4, 0.5) is 42.9 Å². The SMILES string of the molecule is Cn1nc(N2CCC(=O)NC2=O)c2ccc(C3CCN(CC4CCN(S(=O)(=O)N5CCC(Nc6ncc(C(F)(F)F)c(/C(C=NCC(F)(F)F)=C/N)n6)CC5)CC4)CC3)cc21. The first kappa shape index (κ1) is 44.2. The van der Waals surface area contributed by atoms with Gasteiger partial charge in [-0.3, -0.25) is 24.7 Å². The number of likely N-dealkylation sites (tertiary alicyclic amines) is 1. The first-order chi connectivity index (χ1) is 28.9. The number of amides is 3. The van der Waals surface area contributed by atoms with Crippen LogP contribution in [0.15, 0.2) is 35.6 Å². The van der Waals surface area contributed by atoms with Gasteiger partial charge in [0.25, 0.3) is 10.2 Å². The number of alkyl halides is 6. The largest absolute Gasteiger partial charge is 0.419 e. The highest BCUT2D eigenvalue weighted by molar-refractivity contribution is 7.86. The van der Waals surface area contributed by atoms with E-state index in [1.165, 1.54) is 19.1 Å². The molecule has 0 spiro atoms. The fraction of sp³-hybridized carbons (Fsp3) is 0.579. The van der Waals surface area contributed by atoms with Crippen molar-refractivity contribution in [2.75, 3.05) is 69.1 Å². The highest BCUT2D eigenvalue weighted by atomic mass is 32.2. The highest BCUT2D eigenvalue weighted by Crippen LogP contribution is 2.36. The summed E-state index contributed by atoms with van der Waals surface area (Å²) < 4.78 is 111. The number of halogens is 6. The number of hydrogen-bond donors (Lipinski definition) is 3. The number of rotatable bonds is 11. The molecule has 1 aromatic carbocycles. The van der Waals surface area contributed by atoms with Crippen LogP contribution in [0.25, 0.3) is 16.5 Å². The Bertz CT molecular complexity index is 2260. The molecule has 3 amide bonds. The maximum absolute atomic E-state index is 13.8. The van der Waals surface area contributed by atoms with E-state index in [0.29, 0.717) is 62.2 Å². The predicted molar refractivity (Wildman–Crippen MR) is 215 cm³/mol. The lowest BCUT2D eigenvalue weighted by Gasteiger charge is -2.39. The predicted octanol–water partition coefficient (Wildman–Crippen LogP) is 4.47. The monoisotopic (exact) mass is 882 g/mol. The van der Waals surface area contributed by atoms with Gasteiger partial charge in [0, 0.05) is 88.3 Å². The van der Waals surface area contributed by atoms with E-state index in [0.717, 1.165) is 56.2 Å². The Morgan fingerprint density at radius 1 is 0.967 bits per heavy atom. The minimum Gasteiger partial charge on any atom is -0.404 e. The summed E-state index contributed by atoms with van der Waals surface area (Å²) in [6.07, 6.45) is -3.56. The molecule has 4 saturated heterocycles. The molecule has 16 nitrogen and oxygen atoms in total. The van der Waals surface area contributed by atoms with Gasteiger partial charge >= 0.3 is 18.4 Å². The van der Waals surface area contributed by atoms with E-state index in [1.807, 2.05) is 13.1 Å². The van der Waals surface area contributed by atoms with E-state index in [-0.39, 0.29) is 44.0 Å². The maximum atomic E-state index is 13.8. The Morgan fingerprint density at radius 2 is 1.64 bits per heavy atom. The molecule has 0 saturated carbocycles. The highest BCUT2D eigenvalue weighted by Gasteiger charge is 2.38. The van der Waals surface area contributed by atoms with Crippen LogP contribution in [0.1, 0.15) is 67.7 Å². The van der Waals surface area contributed by atoms with E-state index in [2.05, 4.69) is 47.7 Å². The van der Waals surface area contributed by atoms with Crippen LogP contribution in [-0.4, -0.2) is 131 Å². The number of piperidine rings is 3. The molecule has 4 aliphatic rings. The molecule has 4 aliphatic heterocycles. The number of urea groups is 1. The minimum atomic E-state index is -4.93. The fourth-order valence-corrected chi connectivity index (χ4v) is 10.2. The van der Waals surface area contributed by atoms with Gasteiger partial charge in [-0.2, -0.15) is 48.5 Å². The Morgan fingerprint density at radius 3 is 2.26 bits per heavy atom. The van der Waals surface area contributed by atoms with Crippen LogP contribution >= 0.6 is 0 Å². The van der Waals surface area contributed by atoms with Crippen LogP contribution in [0.2, 0.25) is 0 Å². The molecule has 23 heteroatoms. The van der Waals surface area contributed by atoms with Crippen LogP contribution in [-0.2, 0) is 28.2 Å². The fourth-order valence-electron chi connectivity index (χ4n) is 8.50. The summed E-state index contributed by atoms with van der Waals surface area (Å²) in [4.78, 5) is 38.9. The van der Waals surface area contributed by atoms with Crippen molar-refractivity contribution >= 4 is 56.6 Å². The smallest absolute Gasteiger partial charge is 0.404 e. The van der Waals surface area contributed by atoms with Crippen molar-refractivity contribution in [3.8, 4) is 0 Å². The van der Waals surface area contributed by atoms with E-state index >= 15 is 0 Å². The zero-order valence-corrected chi connectivity index (χ0v) is 34.2. The van der Waals surface area contributed by atoms with Crippen molar-refractivity contribution in [1.82, 2.24) is 38.6 Å². The number of hydrogen-bond acceptors (Lipinski definition) is 11. The quantitative estimate of drug-likeness (QED) is 0.183. The molecule has 0 unspecified atom stereocenters. The minimum absolute atomic E-state index is 0.160. The lowest BCUT2D eigenvalue weighted by atomic mass is 9.88. The number of benzene rings is 1. The third kappa shape index (κ3) is 10.3. The van der Waals surface area contributed by atoms with E-state index in [1.54, 1.807) is 4.68 Å². The first-order valence-corrected chi connectivity index (χ1v) is 21.5. The summed E-state index contributed by atoms with van der Waals surface area (Å²) in [5.41, 5.74) is 5.07. The second-order valence-electron chi connectivity index (χ2n) is 15.9. The van der Waals surface area contributed by atoms with Gasteiger partial charge in [0.1, 0.15) is 12.1 Å². The number of aromatic nitrogens is 4. The third-order valence-corrected chi connectivity index (χ3v) is 13.8. The average molecular weight is 883 g/mol. The van der Waals surface area contributed by atoms with Crippen LogP contribution < -0.4 is 21.3 Å². The molecular weight excluding hydrogens is 835 g/mol. The van der Waals surface area contributed by atoms with Gasteiger partial charge < -0.3 is 16.0 Å². The van der Waals surface area contributed by atoms with Gasteiger partial charge in [0.15, 0.2) is 5.82 Å². The molecule has 332 valence electrons. The maximum Gasteiger partial charge on any atom is 0.419 e. The lowest BCUT2D eigenvalue weighted by Crippen LogP contribution is -2.51. The lowest BCUT2D eigenvalue weighted by molar-refractivity contribution is -0.138. The topological polar surface area (TPSA) is 187 Å². The van der Waals surface area contributed by atoms with E-state index in [4.69, 9.17) is 5.73 Å².